The molecule has 0 spiro atoms. The fourth-order valence-electron chi connectivity index (χ4n) is 3.27. The molecule has 1 aromatic carbocycles. The van der Waals surface area contributed by atoms with Crippen molar-refractivity contribution in [1.82, 2.24) is 14.7 Å². The summed E-state index contributed by atoms with van der Waals surface area (Å²) < 4.78 is 24.8. The van der Waals surface area contributed by atoms with Crippen LogP contribution in [0.25, 0.3) is 10.8 Å². The Morgan fingerprint density at radius 3 is 2.62 bits per heavy atom. The van der Waals surface area contributed by atoms with Crippen molar-refractivity contribution >= 4 is 26.5 Å². The first kappa shape index (κ1) is 18.6. The molecule has 0 unspecified atom stereocenters. The van der Waals surface area contributed by atoms with Crippen molar-refractivity contribution in [2.75, 3.05) is 18.6 Å². The molecule has 0 N–H and O–H groups in total. The Labute approximate surface area is 152 Å². The molecule has 0 aliphatic carbocycles. The van der Waals surface area contributed by atoms with Crippen LogP contribution in [0, 0.1) is 0 Å². The fraction of sp³-hybridized carbons (Fsp3) is 0.500. The summed E-state index contributed by atoms with van der Waals surface area (Å²) >= 11 is 0. The molecule has 0 radical (unpaired) electrons. The molecule has 2 heterocycles. The van der Waals surface area contributed by atoms with E-state index >= 15 is 0 Å². The van der Waals surface area contributed by atoms with E-state index in [0.29, 0.717) is 23.7 Å². The summed E-state index contributed by atoms with van der Waals surface area (Å²) in [7, 11) is -1.49. The van der Waals surface area contributed by atoms with Gasteiger partial charge in [0.2, 0.25) is 0 Å². The first-order chi connectivity index (χ1) is 12.3. The predicted octanol–water partition coefficient (Wildman–Crippen LogP) is 1.46. The zero-order valence-electron chi connectivity index (χ0n) is 15.0. The number of rotatable bonds is 5. The highest BCUT2D eigenvalue weighted by Gasteiger charge is 2.34. The Kier molecular flexibility index (Phi) is 5.13. The lowest BCUT2D eigenvalue weighted by Crippen LogP contribution is -2.39. The summed E-state index contributed by atoms with van der Waals surface area (Å²) in [5.41, 5.74) is -0.0141. The van der Waals surface area contributed by atoms with Crippen LogP contribution in [0.5, 0.6) is 0 Å². The van der Waals surface area contributed by atoms with Gasteiger partial charge < -0.3 is 4.90 Å². The number of fused-ring (bicyclic) bond motifs is 1. The van der Waals surface area contributed by atoms with E-state index in [4.69, 9.17) is 0 Å². The highest BCUT2D eigenvalue weighted by atomic mass is 32.2. The van der Waals surface area contributed by atoms with E-state index in [0.717, 1.165) is 12.8 Å². The third-order valence-electron chi connectivity index (χ3n) is 4.87. The van der Waals surface area contributed by atoms with Crippen LogP contribution in [0.4, 0.5) is 0 Å². The zero-order valence-corrected chi connectivity index (χ0v) is 15.8. The first-order valence-corrected chi connectivity index (χ1v) is 10.6. The van der Waals surface area contributed by atoms with Crippen LogP contribution in [-0.2, 0) is 16.4 Å². The van der Waals surface area contributed by atoms with Crippen LogP contribution < -0.4 is 5.56 Å². The Morgan fingerprint density at radius 1 is 1.31 bits per heavy atom. The van der Waals surface area contributed by atoms with Crippen molar-refractivity contribution in [3.05, 3.63) is 40.3 Å². The Morgan fingerprint density at radius 2 is 2.00 bits per heavy atom. The normalized spacial score (nSPS) is 18.9. The van der Waals surface area contributed by atoms with Crippen LogP contribution in [0.3, 0.4) is 0 Å². The van der Waals surface area contributed by atoms with Gasteiger partial charge in [0.25, 0.3) is 11.5 Å². The molecule has 1 fully saturated rings. The van der Waals surface area contributed by atoms with Crippen LogP contribution in [-0.4, -0.2) is 53.6 Å². The van der Waals surface area contributed by atoms with Gasteiger partial charge in [-0.05, 0) is 18.9 Å². The molecule has 3 rings (SSSR count). The van der Waals surface area contributed by atoms with Crippen molar-refractivity contribution in [3.63, 3.8) is 0 Å². The molecule has 140 valence electrons. The van der Waals surface area contributed by atoms with Crippen LogP contribution in [0.2, 0.25) is 0 Å². The number of aryl methyl sites for hydroxylation is 1. The van der Waals surface area contributed by atoms with Gasteiger partial charge in [-0.1, -0.05) is 31.5 Å². The van der Waals surface area contributed by atoms with Gasteiger partial charge in [0.1, 0.15) is 0 Å². The van der Waals surface area contributed by atoms with E-state index in [1.54, 1.807) is 31.3 Å². The lowest BCUT2D eigenvalue weighted by molar-refractivity contribution is 0.0741. The van der Waals surface area contributed by atoms with Crippen LogP contribution >= 0.6 is 0 Å². The lowest BCUT2D eigenvalue weighted by atomic mass is 10.1. The molecule has 1 amide bonds. The number of amides is 1. The van der Waals surface area contributed by atoms with Crippen molar-refractivity contribution in [1.29, 1.82) is 0 Å². The monoisotopic (exact) mass is 377 g/mol. The number of unbranched alkanes of at least 4 members (excludes halogenated alkanes) is 1. The van der Waals surface area contributed by atoms with Gasteiger partial charge >= 0.3 is 0 Å². The third kappa shape index (κ3) is 3.51. The van der Waals surface area contributed by atoms with Crippen LogP contribution in [0.1, 0.15) is 36.7 Å². The van der Waals surface area contributed by atoms with Gasteiger partial charge in [0.05, 0.1) is 16.9 Å². The molecular formula is C18H23N3O4S. The summed E-state index contributed by atoms with van der Waals surface area (Å²) in [6.45, 7) is 2.47. The highest BCUT2D eigenvalue weighted by Crippen LogP contribution is 2.21. The van der Waals surface area contributed by atoms with E-state index in [1.807, 2.05) is 6.92 Å². The molecule has 0 bridgehead atoms. The smallest absolute Gasteiger partial charge is 0.274 e. The number of hydrogen-bond donors (Lipinski definition) is 0. The summed E-state index contributed by atoms with van der Waals surface area (Å²) in [6.07, 6.45) is 2.12. The van der Waals surface area contributed by atoms with Gasteiger partial charge in [0, 0.05) is 25.0 Å². The molecule has 0 saturated carbocycles. The second-order valence-corrected chi connectivity index (χ2v) is 8.98. The Balaban J connectivity index is 2.04. The topological polar surface area (TPSA) is 89.3 Å². The zero-order chi connectivity index (χ0) is 18.9. The molecule has 8 heteroatoms. The quantitative estimate of drug-likeness (QED) is 0.787. The Bertz CT molecular complexity index is 997. The molecule has 7 nitrogen and oxygen atoms in total. The Hall–Kier alpha value is -2.22. The molecule has 1 aromatic heterocycles. The van der Waals surface area contributed by atoms with Gasteiger partial charge in [0.15, 0.2) is 15.5 Å². The van der Waals surface area contributed by atoms with Crippen molar-refractivity contribution in [2.45, 2.75) is 38.8 Å². The van der Waals surface area contributed by atoms with E-state index in [-0.39, 0.29) is 34.7 Å². The molecule has 1 aliphatic heterocycles. The van der Waals surface area contributed by atoms with Gasteiger partial charge in [-0.15, -0.1) is 0 Å². The van der Waals surface area contributed by atoms with Crippen molar-refractivity contribution in [3.8, 4) is 0 Å². The molecule has 2 aromatic rings. The molecular weight excluding hydrogens is 354 g/mol. The average Bonchev–Trinajstić information content (AvgIpc) is 3.00. The minimum absolute atomic E-state index is 0.0252. The second-order valence-electron chi connectivity index (χ2n) is 6.75. The maximum atomic E-state index is 13.0. The van der Waals surface area contributed by atoms with Gasteiger partial charge in [-0.3, -0.25) is 9.59 Å². The summed E-state index contributed by atoms with van der Waals surface area (Å²) in [6, 6.07) is 6.56. The predicted molar refractivity (Wildman–Crippen MR) is 100 cm³/mol. The van der Waals surface area contributed by atoms with E-state index in [2.05, 4.69) is 5.10 Å². The third-order valence-corrected chi connectivity index (χ3v) is 6.62. The summed E-state index contributed by atoms with van der Waals surface area (Å²) in [5, 5.41) is 5.29. The van der Waals surface area contributed by atoms with Crippen molar-refractivity contribution < 1.29 is 13.2 Å². The minimum atomic E-state index is -3.10. The number of hydrogen-bond acceptors (Lipinski definition) is 5. The standard InChI is InChI=1S/C18H23N3O4S/c1-3-4-10-21-17(22)15-8-6-5-7-14(15)16(19-21)18(23)20(2)13-9-11-26(24,25)12-13/h5-8,13H,3-4,9-12H2,1-2H3/t13-/m0/s1. The van der Waals surface area contributed by atoms with Crippen LogP contribution in [0.15, 0.2) is 29.1 Å². The SMILES string of the molecule is CCCCn1nc(C(=O)N(C)[C@H]2CCS(=O)(=O)C2)c2ccccc2c1=O. The maximum absolute atomic E-state index is 13.0. The lowest BCUT2D eigenvalue weighted by Gasteiger charge is -2.23. The van der Waals surface area contributed by atoms with Crippen molar-refractivity contribution in [2.24, 2.45) is 0 Å². The summed E-state index contributed by atoms with van der Waals surface area (Å²) in [5.74, 6) is -0.282. The molecule has 1 saturated heterocycles. The highest BCUT2D eigenvalue weighted by molar-refractivity contribution is 7.91. The number of carbonyl (C=O) groups is 1. The van der Waals surface area contributed by atoms with E-state index in [1.165, 1.54) is 9.58 Å². The number of sulfone groups is 1. The molecule has 1 aliphatic rings. The maximum Gasteiger partial charge on any atom is 0.274 e. The fourth-order valence-corrected chi connectivity index (χ4v) is 5.04. The molecule has 26 heavy (non-hydrogen) atoms. The number of benzene rings is 1. The number of aromatic nitrogens is 2. The largest absolute Gasteiger partial charge is 0.336 e. The first-order valence-electron chi connectivity index (χ1n) is 8.81. The number of nitrogens with zero attached hydrogens (tertiary/aromatic N) is 3. The number of carbonyl (C=O) groups excluding carboxylic acids is 1. The van der Waals surface area contributed by atoms with E-state index in [9.17, 15) is 18.0 Å². The van der Waals surface area contributed by atoms with Gasteiger partial charge in [-0.2, -0.15) is 5.10 Å². The van der Waals surface area contributed by atoms with Gasteiger partial charge in [-0.25, -0.2) is 13.1 Å². The second kappa shape index (κ2) is 7.19. The average molecular weight is 377 g/mol. The summed E-state index contributed by atoms with van der Waals surface area (Å²) in [4.78, 5) is 27.1. The van der Waals surface area contributed by atoms with E-state index < -0.39 is 9.84 Å². The minimum Gasteiger partial charge on any atom is -0.336 e. The molecule has 1 atom stereocenters.